The molecule has 0 bridgehead atoms. The van der Waals surface area contributed by atoms with Crippen molar-refractivity contribution in [2.75, 3.05) is 0 Å². The lowest BCUT2D eigenvalue weighted by molar-refractivity contribution is 0.461. The predicted octanol–water partition coefficient (Wildman–Crippen LogP) is 19.6. The van der Waals surface area contributed by atoms with E-state index < -0.39 is 10.8 Å². The van der Waals surface area contributed by atoms with E-state index in [1.807, 2.05) is 0 Å². The normalized spacial score (nSPS) is 20.4. The summed E-state index contributed by atoms with van der Waals surface area (Å²) in [4.78, 5) is 6.14. The molecule has 19 rings (SSSR count). The van der Waals surface area contributed by atoms with Gasteiger partial charge >= 0.3 is 0 Å². The van der Waals surface area contributed by atoms with Gasteiger partial charge in [0.1, 0.15) is 11.9 Å². The maximum atomic E-state index is 6.14. The summed E-state index contributed by atoms with van der Waals surface area (Å²) in [6.45, 7) is 4.66. The molecule has 0 aromatic heterocycles. The van der Waals surface area contributed by atoms with Crippen LogP contribution in [-0.2, 0) is 16.2 Å². The van der Waals surface area contributed by atoms with Gasteiger partial charge in [0, 0.05) is 23.1 Å². The van der Waals surface area contributed by atoms with Gasteiger partial charge in [-0.05, 0) is 164 Å². The molecule has 2 nitrogen and oxygen atoms in total. The molecule has 8 aliphatic rings. The summed E-state index contributed by atoms with van der Waals surface area (Å²) in [5.74, 6) is 1.40. The fourth-order valence-corrected chi connectivity index (χ4v) is 18.5. The zero-order chi connectivity index (χ0) is 56.6. The van der Waals surface area contributed by atoms with Crippen LogP contribution in [0, 0.1) is 5.92 Å². The molecule has 7 aliphatic carbocycles. The Morgan fingerprint density at radius 1 is 0.395 bits per heavy atom. The molecule has 86 heavy (non-hydrogen) atoms. The predicted molar refractivity (Wildman–Crippen MR) is 352 cm³/mol. The van der Waals surface area contributed by atoms with Crippen LogP contribution >= 0.6 is 0 Å². The van der Waals surface area contributed by atoms with Gasteiger partial charge in [-0.3, -0.25) is 4.99 Å². The van der Waals surface area contributed by atoms with Gasteiger partial charge < -0.3 is 5.32 Å². The Kier molecular flexibility index (Phi) is 9.92. The van der Waals surface area contributed by atoms with Crippen molar-refractivity contribution in [3.05, 3.63) is 362 Å². The van der Waals surface area contributed by atoms with Crippen LogP contribution in [0.15, 0.2) is 283 Å². The zero-order valence-electron chi connectivity index (χ0n) is 48.2. The molecule has 406 valence electrons. The molecule has 2 heteroatoms. The minimum Gasteiger partial charge on any atom is -0.339 e. The second-order valence-corrected chi connectivity index (χ2v) is 25.2. The minimum atomic E-state index is -0.493. The van der Waals surface area contributed by atoms with Crippen LogP contribution in [0.2, 0.25) is 0 Å². The fourth-order valence-electron chi connectivity index (χ4n) is 18.5. The van der Waals surface area contributed by atoms with Crippen molar-refractivity contribution in [3.8, 4) is 55.6 Å². The molecule has 4 atom stereocenters. The van der Waals surface area contributed by atoms with Gasteiger partial charge in [-0.1, -0.05) is 281 Å². The number of nitrogens with zero attached hydrogens (tertiary/aromatic N) is 1. The quantitative estimate of drug-likeness (QED) is 0.176. The fraction of sp³-hybridized carbons (Fsp3) is 0.131. The number of aliphatic imine (C=N–C) groups is 1. The van der Waals surface area contributed by atoms with Gasteiger partial charge in [-0.25, -0.2) is 0 Å². The van der Waals surface area contributed by atoms with Crippen LogP contribution in [0.1, 0.15) is 129 Å². The van der Waals surface area contributed by atoms with E-state index >= 15 is 0 Å². The first kappa shape index (κ1) is 48.5. The van der Waals surface area contributed by atoms with Crippen molar-refractivity contribution in [2.45, 2.75) is 61.3 Å². The van der Waals surface area contributed by atoms with E-state index in [0.717, 1.165) is 36.4 Å². The van der Waals surface area contributed by atoms with E-state index in [1.165, 1.54) is 145 Å². The molecule has 11 aromatic carbocycles. The summed E-state index contributed by atoms with van der Waals surface area (Å²) in [5.41, 5.74) is 35.5. The third-order valence-corrected chi connectivity index (χ3v) is 21.6. The lowest BCUT2D eigenvalue weighted by atomic mass is 9.64. The van der Waals surface area contributed by atoms with Crippen LogP contribution in [0.4, 0.5) is 0 Å². The van der Waals surface area contributed by atoms with Crippen molar-refractivity contribution in [3.63, 3.8) is 0 Å². The Balaban J connectivity index is 0.855. The highest BCUT2D eigenvalue weighted by Crippen LogP contribution is 2.68. The van der Waals surface area contributed by atoms with E-state index in [0.29, 0.717) is 0 Å². The van der Waals surface area contributed by atoms with Gasteiger partial charge in [0.25, 0.3) is 0 Å². The average molecular weight is 1100 g/mol. The first-order valence-corrected chi connectivity index (χ1v) is 31.3. The minimum absolute atomic E-state index is 0.232. The van der Waals surface area contributed by atoms with Crippen LogP contribution in [0.25, 0.3) is 61.3 Å². The van der Waals surface area contributed by atoms with Crippen LogP contribution < -0.4 is 5.32 Å². The molecule has 1 aliphatic heterocycles. The van der Waals surface area contributed by atoms with E-state index in [9.17, 15) is 0 Å². The highest BCUT2D eigenvalue weighted by atomic mass is 15.1. The van der Waals surface area contributed by atoms with Gasteiger partial charge in [0.2, 0.25) is 0 Å². The van der Waals surface area contributed by atoms with Crippen molar-refractivity contribution in [1.29, 1.82) is 0 Å². The Hall–Kier alpha value is -9.89. The highest BCUT2D eigenvalue weighted by Gasteiger charge is 2.58. The molecule has 1 N–H and O–H groups in total. The standard InChI is InChI=1S/C84H60N2/c1-3-21-50-38-42-63-59-26-11-19-36-73(59)84(75(63)46-50)74-37-20-12-29-62(74)65-44-40-52(48-77(65)84)80-54(4-2)79(51-39-43-64-60-27-9-17-34-71(60)82(76(64)47-51)67-30-13-5-22-55(67)56-23-6-14-31-68(56)82)85-81(86-80)53-41-45-66-61-28-10-18-35-72(61)83(78(66)49-53)69-32-15-7-24-57(69)58-25-8-16-33-70(58)83/h5-20,22-49,63,75,80H,3-4,21H2,1-2H3,(H,85,86). The maximum absolute atomic E-state index is 6.14. The summed E-state index contributed by atoms with van der Waals surface area (Å²) in [6, 6.07) is 95.5. The largest absolute Gasteiger partial charge is 0.339 e. The van der Waals surface area contributed by atoms with Crippen LogP contribution in [0.3, 0.4) is 0 Å². The Bertz CT molecular complexity index is 4830. The summed E-state index contributed by atoms with van der Waals surface area (Å²) < 4.78 is 0. The highest BCUT2D eigenvalue weighted by molar-refractivity contribution is 6.08. The van der Waals surface area contributed by atoms with Gasteiger partial charge in [0.05, 0.1) is 16.2 Å². The molecule has 0 radical (unpaired) electrons. The average Bonchev–Trinajstić information content (AvgIpc) is 1.59. The number of hydrogen-bond acceptors (Lipinski definition) is 2. The third-order valence-electron chi connectivity index (χ3n) is 21.6. The van der Waals surface area contributed by atoms with Crippen LogP contribution in [-0.4, -0.2) is 5.84 Å². The summed E-state index contributed by atoms with van der Waals surface area (Å²) >= 11 is 0. The third kappa shape index (κ3) is 5.90. The van der Waals surface area contributed by atoms with Gasteiger partial charge in [-0.2, -0.15) is 0 Å². The molecule has 0 amide bonds. The Morgan fingerprint density at radius 2 is 0.814 bits per heavy atom. The molecule has 0 fully saturated rings. The van der Waals surface area contributed by atoms with E-state index in [2.05, 4.69) is 286 Å². The number of rotatable bonds is 6. The second kappa shape index (κ2) is 17.6. The van der Waals surface area contributed by atoms with Gasteiger partial charge in [-0.15, -0.1) is 0 Å². The first-order chi connectivity index (χ1) is 42.6. The molecule has 3 spiro atoms. The summed E-state index contributed by atoms with van der Waals surface area (Å²) in [5, 5.41) is 4.24. The number of amidine groups is 1. The molecular formula is C84H60N2. The molecule has 1 heterocycles. The number of hydrogen-bond donors (Lipinski definition) is 1. The number of fused-ring (bicyclic) bond motifs is 30. The summed E-state index contributed by atoms with van der Waals surface area (Å²) in [7, 11) is 0. The van der Waals surface area contributed by atoms with Crippen molar-refractivity contribution < 1.29 is 0 Å². The monoisotopic (exact) mass is 1100 g/mol. The lowest BCUT2D eigenvalue weighted by Gasteiger charge is -2.37. The smallest absolute Gasteiger partial charge is 0.133 e. The molecular weight excluding hydrogens is 1040 g/mol. The van der Waals surface area contributed by atoms with Gasteiger partial charge in [0.15, 0.2) is 0 Å². The van der Waals surface area contributed by atoms with E-state index in [1.54, 1.807) is 0 Å². The number of nitrogens with one attached hydrogen (secondary N) is 1. The van der Waals surface area contributed by atoms with E-state index in [4.69, 9.17) is 4.99 Å². The first-order valence-electron chi connectivity index (χ1n) is 31.3. The Labute approximate surface area is 503 Å². The molecule has 0 saturated heterocycles. The number of allylic oxidation sites excluding steroid dienone is 4. The van der Waals surface area contributed by atoms with Crippen LogP contribution in [0.5, 0.6) is 0 Å². The van der Waals surface area contributed by atoms with Crippen molar-refractivity contribution >= 4 is 11.5 Å². The van der Waals surface area contributed by atoms with E-state index in [-0.39, 0.29) is 23.3 Å². The van der Waals surface area contributed by atoms with Crippen molar-refractivity contribution in [1.82, 2.24) is 5.32 Å². The Morgan fingerprint density at radius 3 is 1.33 bits per heavy atom. The van der Waals surface area contributed by atoms with Crippen molar-refractivity contribution in [2.24, 2.45) is 10.9 Å². The molecule has 0 saturated carbocycles. The maximum Gasteiger partial charge on any atom is 0.133 e. The second-order valence-electron chi connectivity index (χ2n) is 25.2. The molecule has 4 unspecified atom stereocenters. The molecule has 11 aromatic rings. The number of benzene rings is 11. The summed E-state index contributed by atoms with van der Waals surface area (Å²) in [6.07, 6.45) is 10.6. The lowest BCUT2D eigenvalue weighted by Crippen LogP contribution is -2.34. The zero-order valence-corrected chi connectivity index (χ0v) is 48.2. The SMILES string of the molecule is CCCC1=CC2C(C=C1)c1ccccc1C21c2ccccc2-c2ccc(C3N=C(c4ccc5c(c4)C4(c6ccccc6-c6ccccc64)c4ccccc4-5)NC(c4ccc5c(c4)C4(c6ccccc6-c6ccccc64)c4ccccc4-5)=C3CC)cc21. The topological polar surface area (TPSA) is 24.4 Å².